The highest BCUT2D eigenvalue weighted by Crippen LogP contribution is 2.31. The van der Waals surface area contributed by atoms with Gasteiger partial charge in [-0.1, -0.05) is 18.2 Å². The molecule has 108 valence electrons. The SMILES string of the molecule is Nc1ccc(C(=O)NC2CCOc3ccccc32)cc1F. The van der Waals surface area contributed by atoms with E-state index >= 15 is 0 Å². The van der Waals surface area contributed by atoms with Gasteiger partial charge in [-0.2, -0.15) is 0 Å². The van der Waals surface area contributed by atoms with E-state index in [2.05, 4.69) is 5.32 Å². The monoisotopic (exact) mass is 286 g/mol. The average Bonchev–Trinajstić information content (AvgIpc) is 2.50. The van der Waals surface area contributed by atoms with Gasteiger partial charge in [0.25, 0.3) is 5.91 Å². The minimum absolute atomic E-state index is 0.0305. The second-order valence-corrected chi connectivity index (χ2v) is 4.94. The van der Waals surface area contributed by atoms with E-state index in [1.165, 1.54) is 12.1 Å². The number of anilines is 1. The molecule has 2 aromatic rings. The molecule has 0 radical (unpaired) electrons. The number of halogens is 1. The van der Waals surface area contributed by atoms with Crippen molar-refractivity contribution in [3.05, 3.63) is 59.4 Å². The van der Waals surface area contributed by atoms with Crippen molar-refractivity contribution in [3.63, 3.8) is 0 Å². The number of nitrogen functional groups attached to an aromatic ring is 1. The Labute approximate surface area is 121 Å². The van der Waals surface area contributed by atoms with Crippen LogP contribution in [0.1, 0.15) is 28.4 Å². The highest BCUT2D eigenvalue weighted by Gasteiger charge is 2.23. The minimum Gasteiger partial charge on any atom is -0.493 e. The number of nitrogens with two attached hydrogens (primary N) is 1. The Bertz CT molecular complexity index is 688. The lowest BCUT2D eigenvalue weighted by molar-refractivity contribution is 0.0924. The van der Waals surface area contributed by atoms with Crippen molar-refractivity contribution in [2.45, 2.75) is 12.5 Å². The van der Waals surface area contributed by atoms with Gasteiger partial charge < -0.3 is 15.8 Å². The fraction of sp³-hybridized carbons (Fsp3) is 0.188. The van der Waals surface area contributed by atoms with E-state index in [4.69, 9.17) is 10.5 Å². The summed E-state index contributed by atoms with van der Waals surface area (Å²) in [7, 11) is 0. The van der Waals surface area contributed by atoms with Crippen LogP contribution in [0.4, 0.5) is 10.1 Å². The first-order valence-corrected chi connectivity index (χ1v) is 6.73. The summed E-state index contributed by atoms with van der Waals surface area (Å²) < 4.78 is 19.0. The maximum absolute atomic E-state index is 13.4. The number of rotatable bonds is 2. The number of nitrogens with one attached hydrogen (secondary N) is 1. The molecule has 0 aliphatic carbocycles. The fourth-order valence-electron chi connectivity index (χ4n) is 2.40. The van der Waals surface area contributed by atoms with Crippen molar-refractivity contribution >= 4 is 11.6 Å². The fourth-order valence-corrected chi connectivity index (χ4v) is 2.40. The van der Waals surface area contributed by atoms with Crippen molar-refractivity contribution < 1.29 is 13.9 Å². The molecule has 3 N–H and O–H groups in total. The number of carbonyl (C=O) groups excluding carboxylic acids is 1. The number of carbonyl (C=O) groups is 1. The number of hydrogen-bond acceptors (Lipinski definition) is 3. The summed E-state index contributed by atoms with van der Waals surface area (Å²) in [5, 5.41) is 2.91. The summed E-state index contributed by atoms with van der Waals surface area (Å²) in [6.45, 7) is 0.540. The van der Waals surface area contributed by atoms with Crippen LogP contribution in [-0.4, -0.2) is 12.5 Å². The zero-order valence-electron chi connectivity index (χ0n) is 11.3. The number of ether oxygens (including phenoxy) is 1. The molecule has 1 atom stereocenters. The molecule has 0 spiro atoms. The van der Waals surface area contributed by atoms with Crippen LogP contribution in [-0.2, 0) is 0 Å². The van der Waals surface area contributed by atoms with Gasteiger partial charge in [0.05, 0.1) is 18.3 Å². The summed E-state index contributed by atoms with van der Waals surface area (Å²) in [4.78, 5) is 12.2. The van der Waals surface area contributed by atoms with Gasteiger partial charge >= 0.3 is 0 Å². The molecule has 3 rings (SSSR count). The van der Waals surface area contributed by atoms with Crippen LogP contribution in [0.3, 0.4) is 0 Å². The molecule has 2 aromatic carbocycles. The molecule has 1 aliphatic rings. The lowest BCUT2D eigenvalue weighted by Crippen LogP contribution is -2.32. The quantitative estimate of drug-likeness (QED) is 0.834. The van der Waals surface area contributed by atoms with Crippen molar-refractivity contribution in [2.75, 3.05) is 12.3 Å². The largest absolute Gasteiger partial charge is 0.493 e. The van der Waals surface area contributed by atoms with E-state index in [-0.39, 0.29) is 23.2 Å². The van der Waals surface area contributed by atoms with E-state index in [1.54, 1.807) is 0 Å². The number of benzene rings is 2. The van der Waals surface area contributed by atoms with Gasteiger partial charge in [-0.25, -0.2) is 4.39 Å². The van der Waals surface area contributed by atoms with E-state index in [1.807, 2.05) is 24.3 Å². The van der Waals surface area contributed by atoms with Gasteiger partial charge in [-0.15, -0.1) is 0 Å². The first-order chi connectivity index (χ1) is 10.1. The highest BCUT2D eigenvalue weighted by atomic mass is 19.1. The van der Waals surface area contributed by atoms with Gasteiger partial charge in [-0.3, -0.25) is 4.79 Å². The lowest BCUT2D eigenvalue weighted by atomic mass is 10.00. The Morgan fingerprint density at radius 2 is 2.10 bits per heavy atom. The number of hydrogen-bond donors (Lipinski definition) is 2. The third-order valence-electron chi connectivity index (χ3n) is 3.53. The molecule has 0 saturated carbocycles. The molecule has 21 heavy (non-hydrogen) atoms. The lowest BCUT2D eigenvalue weighted by Gasteiger charge is -2.26. The van der Waals surface area contributed by atoms with Crippen LogP contribution < -0.4 is 15.8 Å². The van der Waals surface area contributed by atoms with Gasteiger partial charge in [0.1, 0.15) is 11.6 Å². The Balaban J connectivity index is 1.81. The Morgan fingerprint density at radius 1 is 1.29 bits per heavy atom. The summed E-state index contributed by atoms with van der Waals surface area (Å²) in [5.74, 6) is -0.136. The molecular formula is C16H15FN2O2. The predicted molar refractivity (Wildman–Crippen MR) is 77.6 cm³/mol. The maximum atomic E-state index is 13.4. The van der Waals surface area contributed by atoms with Crippen LogP contribution in [0.25, 0.3) is 0 Å². The molecule has 4 nitrogen and oxygen atoms in total. The topological polar surface area (TPSA) is 64.4 Å². The average molecular weight is 286 g/mol. The summed E-state index contributed by atoms with van der Waals surface area (Å²) in [5.41, 5.74) is 6.64. The molecule has 1 heterocycles. The normalized spacial score (nSPS) is 16.7. The summed E-state index contributed by atoms with van der Waals surface area (Å²) in [6.07, 6.45) is 0.681. The highest BCUT2D eigenvalue weighted by molar-refractivity contribution is 5.94. The van der Waals surface area contributed by atoms with Crippen molar-refractivity contribution in [3.8, 4) is 5.75 Å². The van der Waals surface area contributed by atoms with Crippen LogP contribution in [0.2, 0.25) is 0 Å². The van der Waals surface area contributed by atoms with Crippen molar-refractivity contribution in [2.24, 2.45) is 0 Å². The zero-order chi connectivity index (χ0) is 14.8. The zero-order valence-corrected chi connectivity index (χ0v) is 11.3. The van der Waals surface area contributed by atoms with Gasteiger partial charge in [0.2, 0.25) is 0 Å². The second-order valence-electron chi connectivity index (χ2n) is 4.94. The van der Waals surface area contributed by atoms with E-state index in [0.29, 0.717) is 13.0 Å². The van der Waals surface area contributed by atoms with E-state index in [9.17, 15) is 9.18 Å². The maximum Gasteiger partial charge on any atom is 0.251 e. The predicted octanol–water partition coefficient (Wildman–Crippen LogP) is 2.66. The Kier molecular flexibility index (Phi) is 3.48. The molecule has 0 aromatic heterocycles. The van der Waals surface area contributed by atoms with Crippen LogP contribution in [0.5, 0.6) is 5.75 Å². The second kappa shape index (κ2) is 5.44. The molecule has 0 fully saturated rings. The van der Waals surface area contributed by atoms with Crippen molar-refractivity contribution in [1.29, 1.82) is 0 Å². The molecule has 1 aliphatic heterocycles. The summed E-state index contributed by atoms with van der Waals surface area (Å²) >= 11 is 0. The van der Waals surface area contributed by atoms with Gasteiger partial charge in [0.15, 0.2) is 0 Å². The molecule has 5 heteroatoms. The molecular weight excluding hydrogens is 271 g/mol. The number of amides is 1. The van der Waals surface area contributed by atoms with Crippen LogP contribution >= 0.6 is 0 Å². The number of para-hydroxylation sites is 1. The molecule has 1 unspecified atom stereocenters. The number of fused-ring (bicyclic) bond motifs is 1. The van der Waals surface area contributed by atoms with E-state index < -0.39 is 5.82 Å². The van der Waals surface area contributed by atoms with E-state index in [0.717, 1.165) is 17.4 Å². The van der Waals surface area contributed by atoms with Gasteiger partial charge in [0, 0.05) is 17.5 Å². The Hall–Kier alpha value is -2.56. The molecule has 0 bridgehead atoms. The van der Waals surface area contributed by atoms with Crippen molar-refractivity contribution in [1.82, 2.24) is 5.32 Å². The standard InChI is InChI=1S/C16H15FN2O2/c17-12-9-10(5-6-13(12)18)16(20)19-14-7-8-21-15-4-2-1-3-11(14)15/h1-6,9,14H,7-8,18H2,(H,19,20). The van der Waals surface area contributed by atoms with Crippen LogP contribution in [0.15, 0.2) is 42.5 Å². The van der Waals surface area contributed by atoms with Gasteiger partial charge in [-0.05, 0) is 24.3 Å². The molecule has 0 saturated heterocycles. The first kappa shape index (κ1) is 13.4. The third-order valence-corrected chi connectivity index (χ3v) is 3.53. The molecule has 1 amide bonds. The smallest absolute Gasteiger partial charge is 0.251 e. The first-order valence-electron chi connectivity index (χ1n) is 6.73. The Morgan fingerprint density at radius 3 is 2.90 bits per heavy atom. The van der Waals surface area contributed by atoms with Crippen LogP contribution in [0, 0.1) is 5.82 Å². The summed E-state index contributed by atoms with van der Waals surface area (Å²) in [6, 6.07) is 11.5. The third kappa shape index (κ3) is 2.67. The minimum atomic E-state index is -0.588.